The molecule has 0 bridgehead atoms. The molecule has 1 heterocycles. The smallest absolute Gasteiger partial charge is 0.373 e. The third kappa shape index (κ3) is 4.65. The van der Waals surface area contributed by atoms with Crippen molar-refractivity contribution >= 4 is 0 Å². The molecule has 0 saturated carbocycles. The van der Waals surface area contributed by atoms with Crippen LogP contribution in [-0.4, -0.2) is 16.3 Å². The molecule has 0 atom stereocenters. The minimum absolute atomic E-state index is 0.0359. The first-order chi connectivity index (χ1) is 7.41. The second kappa shape index (κ2) is 6.52. The van der Waals surface area contributed by atoms with Crippen molar-refractivity contribution in [3.05, 3.63) is 17.5 Å². The van der Waals surface area contributed by atoms with E-state index < -0.39 is 11.7 Å². The van der Waals surface area contributed by atoms with Crippen LogP contribution in [0.15, 0.2) is 6.20 Å². The first-order valence-corrected chi connectivity index (χ1v) is 5.12. The molecular weight excluding hydrogens is 221 g/mol. The fourth-order valence-corrected chi connectivity index (χ4v) is 0.917. The Labute approximate surface area is 93.0 Å². The summed E-state index contributed by atoms with van der Waals surface area (Å²) in [5.41, 5.74) is -0.802. The van der Waals surface area contributed by atoms with Gasteiger partial charge in [-0.25, -0.2) is 0 Å². The van der Waals surface area contributed by atoms with Crippen LogP contribution in [0.3, 0.4) is 0 Å². The molecule has 0 amide bonds. The fourth-order valence-electron chi connectivity index (χ4n) is 0.917. The summed E-state index contributed by atoms with van der Waals surface area (Å²) in [4.78, 5) is 0. The Kier molecular flexibility index (Phi) is 6.10. The highest BCUT2D eigenvalue weighted by Crippen LogP contribution is 2.31. The molecule has 0 radical (unpaired) electrons. The normalized spacial score (nSPS) is 11.2. The van der Waals surface area contributed by atoms with Crippen LogP contribution in [0.4, 0.5) is 13.2 Å². The van der Waals surface area contributed by atoms with E-state index in [2.05, 4.69) is 10.2 Å². The van der Waals surface area contributed by atoms with E-state index in [1.54, 1.807) is 13.8 Å². The Hall–Kier alpha value is -1.04. The predicted molar refractivity (Wildman–Crippen MR) is 54.9 cm³/mol. The molecule has 94 valence electrons. The van der Waals surface area contributed by atoms with Crippen LogP contribution >= 0.6 is 0 Å². The summed E-state index contributed by atoms with van der Waals surface area (Å²) < 4.78 is 41.9. The monoisotopic (exact) mass is 238 g/mol. The molecule has 16 heavy (non-hydrogen) atoms. The van der Waals surface area contributed by atoms with Gasteiger partial charge in [0.2, 0.25) is 0 Å². The van der Waals surface area contributed by atoms with Crippen molar-refractivity contribution in [3.8, 4) is 0 Å². The average molecular weight is 238 g/mol. The third-order valence-corrected chi connectivity index (χ3v) is 1.58. The standard InChI is InChI=1S/C8H11F3N2O.C2H6/c1-5(2)14-4-7-6(3-12-13-7)8(9,10)11;1-2/h3,5H,4H2,1-2H3,(H,12,13);1-2H3. The van der Waals surface area contributed by atoms with Crippen molar-refractivity contribution < 1.29 is 17.9 Å². The summed E-state index contributed by atoms with van der Waals surface area (Å²) in [6.45, 7) is 7.40. The quantitative estimate of drug-likeness (QED) is 0.876. The van der Waals surface area contributed by atoms with E-state index >= 15 is 0 Å². The molecule has 0 aliphatic rings. The van der Waals surface area contributed by atoms with E-state index in [0.717, 1.165) is 6.20 Å². The number of H-pyrrole nitrogens is 1. The second-order valence-electron chi connectivity index (χ2n) is 3.12. The Bertz CT molecular complexity index is 294. The summed E-state index contributed by atoms with van der Waals surface area (Å²) in [7, 11) is 0. The van der Waals surface area contributed by atoms with Gasteiger partial charge < -0.3 is 4.74 Å². The molecule has 0 aliphatic carbocycles. The number of aromatic nitrogens is 2. The van der Waals surface area contributed by atoms with Crippen molar-refractivity contribution in [2.45, 2.75) is 46.6 Å². The SMILES string of the molecule is CC.CC(C)OCc1[nH]ncc1C(F)(F)F. The van der Waals surface area contributed by atoms with Gasteiger partial charge in [-0.05, 0) is 13.8 Å². The Balaban J connectivity index is 0.00000106. The number of ether oxygens (including phenoxy) is 1. The van der Waals surface area contributed by atoms with Crippen LogP contribution in [0.1, 0.15) is 39.0 Å². The van der Waals surface area contributed by atoms with Crippen molar-refractivity contribution in [1.82, 2.24) is 10.2 Å². The summed E-state index contributed by atoms with van der Waals surface area (Å²) in [5.74, 6) is 0. The molecule has 1 N–H and O–H groups in total. The molecule has 3 nitrogen and oxygen atoms in total. The Morgan fingerprint density at radius 3 is 2.38 bits per heavy atom. The highest BCUT2D eigenvalue weighted by atomic mass is 19.4. The molecule has 1 aromatic rings. The summed E-state index contributed by atoms with van der Waals surface area (Å²) in [6, 6.07) is 0. The van der Waals surface area contributed by atoms with Crippen LogP contribution in [-0.2, 0) is 17.5 Å². The maximum absolute atomic E-state index is 12.3. The fraction of sp³-hybridized carbons (Fsp3) is 0.700. The highest BCUT2D eigenvalue weighted by Gasteiger charge is 2.34. The van der Waals surface area contributed by atoms with Crippen LogP contribution in [0.2, 0.25) is 0 Å². The Morgan fingerprint density at radius 1 is 1.38 bits per heavy atom. The van der Waals surface area contributed by atoms with E-state index in [1.807, 2.05) is 13.8 Å². The zero-order valence-electron chi connectivity index (χ0n) is 9.85. The van der Waals surface area contributed by atoms with E-state index in [1.165, 1.54) is 0 Å². The molecule has 0 unspecified atom stereocenters. The van der Waals surface area contributed by atoms with Gasteiger partial charge in [0.1, 0.15) is 0 Å². The summed E-state index contributed by atoms with van der Waals surface area (Å²) in [5, 5.41) is 5.61. The molecule has 0 spiro atoms. The number of alkyl halides is 3. The first-order valence-electron chi connectivity index (χ1n) is 5.12. The Morgan fingerprint density at radius 2 is 1.94 bits per heavy atom. The van der Waals surface area contributed by atoms with Gasteiger partial charge in [-0.3, -0.25) is 5.10 Å². The van der Waals surface area contributed by atoms with Crippen molar-refractivity contribution in [3.63, 3.8) is 0 Å². The average Bonchev–Trinajstić information content (AvgIpc) is 2.65. The molecule has 1 aromatic heterocycles. The molecule has 0 aliphatic heterocycles. The summed E-state index contributed by atoms with van der Waals surface area (Å²) in [6.07, 6.45) is -3.72. The number of halogens is 3. The summed E-state index contributed by atoms with van der Waals surface area (Å²) >= 11 is 0. The van der Waals surface area contributed by atoms with E-state index in [-0.39, 0.29) is 18.4 Å². The predicted octanol–water partition coefficient (Wildman–Crippen LogP) is 3.38. The maximum Gasteiger partial charge on any atom is 0.419 e. The lowest BCUT2D eigenvalue weighted by atomic mass is 10.2. The molecule has 0 fully saturated rings. The molecule has 6 heteroatoms. The zero-order chi connectivity index (χ0) is 12.8. The van der Waals surface area contributed by atoms with Gasteiger partial charge in [-0.2, -0.15) is 18.3 Å². The van der Waals surface area contributed by atoms with E-state index in [9.17, 15) is 13.2 Å². The number of hydrogen-bond acceptors (Lipinski definition) is 2. The number of rotatable bonds is 3. The maximum atomic E-state index is 12.3. The van der Waals surface area contributed by atoms with Crippen LogP contribution in [0.25, 0.3) is 0 Å². The van der Waals surface area contributed by atoms with Crippen molar-refractivity contribution in [1.29, 1.82) is 0 Å². The van der Waals surface area contributed by atoms with E-state index in [4.69, 9.17) is 4.74 Å². The lowest BCUT2D eigenvalue weighted by Crippen LogP contribution is -2.10. The third-order valence-electron chi connectivity index (χ3n) is 1.58. The van der Waals surface area contributed by atoms with Crippen LogP contribution < -0.4 is 0 Å². The number of nitrogens with zero attached hydrogens (tertiary/aromatic N) is 1. The van der Waals surface area contributed by atoms with Gasteiger partial charge in [0.25, 0.3) is 0 Å². The first kappa shape index (κ1) is 15.0. The number of nitrogens with one attached hydrogen (secondary N) is 1. The second-order valence-corrected chi connectivity index (χ2v) is 3.12. The minimum Gasteiger partial charge on any atom is -0.373 e. The lowest BCUT2D eigenvalue weighted by Gasteiger charge is -2.09. The highest BCUT2D eigenvalue weighted by molar-refractivity contribution is 5.18. The largest absolute Gasteiger partial charge is 0.419 e. The van der Waals surface area contributed by atoms with Crippen LogP contribution in [0.5, 0.6) is 0 Å². The molecule has 1 rings (SSSR count). The lowest BCUT2D eigenvalue weighted by molar-refractivity contribution is -0.139. The number of hydrogen-bond donors (Lipinski definition) is 1. The van der Waals surface area contributed by atoms with Gasteiger partial charge in [0.05, 0.1) is 30.2 Å². The molecule has 0 saturated heterocycles. The van der Waals surface area contributed by atoms with Gasteiger partial charge in [0.15, 0.2) is 0 Å². The van der Waals surface area contributed by atoms with Gasteiger partial charge in [-0.1, -0.05) is 13.8 Å². The van der Waals surface area contributed by atoms with Crippen molar-refractivity contribution in [2.24, 2.45) is 0 Å². The molecule has 0 aromatic carbocycles. The van der Waals surface area contributed by atoms with Gasteiger partial charge in [0, 0.05) is 0 Å². The van der Waals surface area contributed by atoms with Gasteiger partial charge in [-0.15, -0.1) is 0 Å². The molecular formula is C10H17F3N2O. The van der Waals surface area contributed by atoms with Gasteiger partial charge >= 0.3 is 6.18 Å². The zero-order valence-corrected chi connectivity index (χ0v) is 9.85. The number of aromatic amines is 1. The minimum atomic E-state index is -4.37. The van der Waals surface area contributed by atoms with E-state index in [0.29, 0.717) is 0 Å². The van der Waals surface area contributed by atoms with Crippen molar-refractivity contribution in [2.75, 3.05) is 0 Å². The topological polar surface area (TPSA) is 37.9 Å². The van der Waals surface area contributed by atoms with Crippen LogP contribution in [0, 0.1) is 0 Å².